The molecule has 0 saturated carbocycles. The maximum Gasteiger partial charge on any atom is 0.343 e. The Kier molecular flexibility index (Phi) is 8.74. The number of aryl methyl sites for hydroxylation is 1. The molecule has 7 heteroatoms. The number of rotatable bonds is 10. The number of esters is 1. The van der Waals surface area contributed by atoms with Crippen LogP contribution in [0.5, 0.6) is 23.0 Å². The summed E-state index contributed by atoms with van der Waals surface area (Å²) in [5.74, 6) is 1.09. The number of carbonyl (C=O) groups excluding carboxylic acids is 1. The molecule has 1 aliphatic heterocycles. The van der Waals surface area contributed by atoms with Crippen LogP contribution in [-0.2, 0) is 6.61 Å². The molecule has 0 aromatic heterocycles. The summed E-state index contributed by atoms with van der Waals surface area (Å²) in [5.41, 5.74) is 10.7. The zero-order chi connectivity index (χ0) is 29.5. The Morgan fingerprint density at radius 1 is 0.929 bits per heavy atom. The van der Waals surface area contributed by atoms with Gasteiger partial charge in [-0.2, -0.15) is 5.26 Å². The summed E-state index contributed by atoms with van der Waals surface area (Å²) in [6.45, 7) is 5.19. The van der Waals surface area contributed by atoms with E-state index >= 15 is 0 Å². The average molecular weight is 561 g/mol. The van der Waals surface area contributed by atoms with Gasteiger partial charge in [-0.3, -0.25) is 0 Å². The SMILES string of the molecule is CCCCOc1ccc(C(=O)Oc2ccc3c(c2)OC(N)=C(C#N)C3c2cccc(OCc3ccc(C)cc3)c2)cc1. The molecule has 1 aliphatic rings. The molecule has 0 radical (unpaired) electrons. The lowest BCUT2D eigenvalue weighted by molar-refractivity contribution is 0.0734. The highest BCUT2D eigenvalue weighted by Crippen LogP contribution is 2.44. The molecule has 0 aliphatic carbocycles. The van der Waals surface area contributed by atoms with E-state index in [9.17, 15) is 10.1 Å². The quantitative estimate of drug-likeness (QED) is 0.124. The van der Waals surface area contributed by atoms with Gasteiger partial charge in [0, 0.05) is 11.6 Å². The summed E-state index contributed by atoms with van der Waals surface area (Å²) in [5, 5.41) is 9.96. The molecule has 42 heavy (non-hydrogen) atoms. The second-order valence-electron chi connectivity index (χ2n) is 10.1. The lowest BCUT2D eigenvalue weighted by Crippen LogP contribution is -2.21. The second-order valence-corrected chi connectivity index (χ2v) is 10.1. The zero-order valence-corrected chi connectivity index (χ0v) is 23.6. The van der Waals surface area contributed by atoms with Crippen molar-refractivity contribution in [2.24, 2.45) is 5.73 Å². The van der Waals surface area contributed by atoms with Crippen molar-refractivity contribution in [3.63, 3.8) is 0 Å². The van der Waals surface area contributed by atoms with Crippen LogP contribution in [0.15, 0.2) is 102 Å². The number of hydrogen-bond donors (Lipinski definition) is 1. The molecule has 1 atom stereocenters. The van der Waals surface area contributed by atoms with Gasteiger partial charge in [-0.15, -0.1) is 0 Å². The number of nitrogens with zero attached hydrogens (tertiary/aromatic N) is 1. The van der Waals surface area contributed by atoms with Crippen molar-refractivity contribution in [1.29, 1.82) is 5.26 Å². The van der Waals surface area contributed by atoms with E-state index in [-0.39, 0.29) is 5.88 Å². The van der Waals surface area contributed by atoms with Crippen molar-refractivity contribution in [1.82, 2.24) is 0 Å². The maximum absolute atomic E-state index is 12.8. The fraction of sp³-hybridized carbons (Fsp3) is 0.200. The van der Waals surface area contributed by atoms with E-state index < -0.39 is 11.9 Å². The monoisotopic (exact) mass is 560 g/mol. The highest BCUT2D eigenvalue weighted by molar-refractivity contribution is 5.91. The first-order valence-corrected chi connectivity index (χ1v) is 13.9. The van der Waals surface area contributed by atoms with Gasteiger partial charge in [0.25, 0.3) is 0 Å². The molecule has 4 aromatic carbocycles. The smallest absolute Gasteiger partial charge is 0.343 e. The molecule has 1 unspecified atom stereocenters. The van der Waals surface area contributed by atoms with Gasteiger partial charge in [0.15, 0.2) is 0 Å². The van der Waals surface area contributed by atoms with Crippen molar-refractivity contribution < 1.29 is 23.7 Å². The van der Waals surface area contributed by atoms with E-state index in [1.165, 1.54) is 5.56 Å². The Morgan fingerprint density at radius 3 is 2.43 bits per heavy atom. The van der Waals surface area contributed by atoms with Crippen LogP contribution in [0.4, 0.5) is 0 Å². The molecule has 5 rings (SSSR count). The Balaban J connectivity index is 1.34. The Morgan fingerprint density at radius 2 is 1.69 bits per heavy atom. The molecule has 2 N–H and O–H groups in total. The minimum atomic E-state index is -0.512. The number of allylic oxidation sites excluding steroid dienone is 1. The molecule has 0 saturated heterocycles. The third-order valence-corrected chi connectivity index (χ3v) is 6.98. The van der Waals surface area contributed by atoms with Crippen LogP contribution in [0, 0.1) is 18.3 Å². The Labute approximate surface area is 245 Å². The van der Waals surface area contributed by atoms with Crippen LogP contribution in [0.1, 0.15) is 58.3 Å². The number of benzene rings is 4. The fourth-order valence-corrected chi connectivity index (χ4v) is 4.66. The Hall–Kier alpha value is -5.22. The largest absolute Gasteiger partial charge is 0.494 e. The number of ether oxygens (including phenoxy) is 4. The van der Waals surface area contributed by atoms with Crippen molar-refractivity contribution in [3.8, 4) is 29.1 Å². The van der Waals surface area contributed by atoms with Gasteiger partial charge < -0.3 is 24.7 Å². The van der Waals surface area contributed by atoms with Crippen LogP contribution in [0.2, 0.25) is 0 Å². The molecule has 0 spiro atoms. The molecule has 4 aromatic rings. The molecule has 7 nitrogen and oxygen atoms in total. The van der Waals surface area contributed by atoms with E-state index in [0.717, 1.165) is 29.5 Å². The van der Waals surface area contributed by atoms with E-state index in [4.69, 9.17) is 24.7 Å². The van der Waals surface area contributed by atoms with Gasteiger partial charge in [0.2, 0.25) is 5.88 Å². The number of nitrogens with two attached hydrogens (primary N) is 1. The first-order chi connectivity index (χ1) is 20.4. The second kappa shape index (κ2) is 13.0. The van der Waals surface area contributed by atoms with Gasteiger partial charge in [-0.05, 0) is 66.9 Å². The molecule has 0 amide bonds. The lowest BCUT2D eigenvalue weighted by Gasteiger charge is -2.27. The van der Waals surface area contributed by atoms with E-state index in [1.807, 2.05) is 55.5 Å². The first kappa shape index (κ1) is 28.3. The number of carbonyl (C=O) groups is 1. The maximum atomic E-state index is 12.8. The van der Waals surface area contributed by atoms with Crippen molar-refractivity contribution in [3.05, 3.63) is 130 Å². The summed E-state index contributed by atoms with van der Waals surface area (Å²) in [6, 6.07) is 29.9. The summed E-state index contributed by atoms with van der Waals surface area (Å²) < 4.78 is 23.2. The third kappa shape index (κ3) is 6.56. The Bertz CT molecular complexity index is 1640. The van der Waals surface area contributed by atoms with Crippen LogP contribution >= 0.6 is 0 Å². The molecule has 1 heterocycles. The summed E-state index contributed by atoms with van der Waals surface area (Å²) in [4.78, 5) is 12.8. The number of hydrogen-bond acceptors (Lipinski definition) is 7. The first-order valence-electron chi connectivity index (χ1n) is 13.9. The van der Waals surface area contributed by atoms with Gasteiger partial charge in [0.1, 0.15) is 41.2 Å². The zero-order valence-electron chi connectivity index (χ0n) is 23.6. The highest BCUT2D eigenvalue weighted by atomic mass is 16.5. The predicted molar refractivity (Wildman–Crippen MR) is 159 cm³/mol. The highest BCUT2D eigenvalue weighted by Gasteiger charge is 2.31. The predicted octanol–water partition coefficient (Wildman–Crippen LogP) is 7.19. The molecular formula is C35H32N2O5. The fourth-order valence-electron chi connectivity index (χ4n) is 4.66. The number of fused-ring (bicyclic) bond motifs is 1. The van der Waals surface area contributed by atoms with E-state index in [2.05, 4.69) is 13.0 Å². The lowest BCUT2D eigenvalue weighted by atomic mass is 9.83. The van der Waals surface area contributed by atoms with E-state index in [1.54, 1.807) is 42.5 Å². The van der Waals surface area contributed by atoms with Crippen molar-refractivity contribution >= 4 is 5.97 Å². The van der Waals surface area contributed by atoms with Gasteiger partial charge >= 0.3 is 5.97 Å². The average Bonchev–Trinajstić information content (AvgIpc) is 3.00. The standard InChI is InChI=1S/C35H32N2O5/c1-3-4-18-39-27-14-12-25(13-15-27)35(38)41-29-16-17-30-32(20-29)42-34(37)31(21-36)33(30)26-6-5-7-28(19-26)40-22-24-10-8-23(2)9-11-24/h5-17,19-20,33H,3-4,18,22,37H2,1-2H3. The summed E-state index contributed by atoms with van der Waals surface area (Å²) in [6.07, 6.45) is 2.01. The summed E-state index contributed by atoms with van der Waals surface area (Å²) in [7, 11) is 0. The van der Waals surface area contributed by atoms with Crippen LogP contribution in [0.3, 0.4) is 0 Å². The number of unbranched alkanes of at least 4 members (excludes halogenated alkanes) is 1. The van der Waals surface area contributed by atoms with Gasteiger partial charge in [-0.1, -0.05) is 61.4 Å². The van der Waals surface area contributed by atoms with Gasteiger partial charge in [-0.25, -0.2) is 4.79 Å². The number of nitriles is 1. The normalized spacial score (nSPS) is 13.9. The third-order valence-electron chi connectivity index (χ3n) is 6.98. The van der Waals surface area contributed by atoms with E-state index in [0.29, 0.717) is 47.3 Å². The van der Waals surface area contributed by atoms with Crippen LogP contribution in [0.25, 0.3) is 0 Å². The molecule has 0 fully saturated rings. The molecular weight excluding hydrogens is 528 g/mol. The van der Waals surface area contributed by atoms with Crippen LogP contribution < -0.4 is 24.7 Å². The van der Waals surface area contributed by atoms with Crippen molar-refractivity contribution in [2.45, 2.75) is 39.2 Å². The minimum Gasteiger partial charge on any atom is -0.494 e. The minimum absolute atomic E-state index is 0.00288. The molecule has 0 bridgehead atoms. The topological polar surface area (TPSA) is 104 Å². The van der Waals surface area contributed by atoms with Crippen LogP contribution in [-0.4, -0.2) is 12.6 Å². The van der Waals surface area contributed by atoms with Crippen molar-refractivity contribution in [2.75, 3.05) is 6.61 Å². The van der Waals surface area contributed by atoms with Gasteiger partial charge in [0.05, 0.1) is 18.1 Å². The summed E-state index contributed by atoms with van der Waals surface area (Å²) >= 11 is 0. The molecule has 212 valence electrons.